The second kappa shape index (κ2) is 6.97. The molecule has 21 heavy (non-hydrogen) atoms. The number of nitrogens with zero attached hydrogens (tertiary/aromatic N) is 1. The van der Waals surface area contributed by atoms with Gasteiger partial charge in [-0.3, -0.25) is 0 Å². The van der Waals surface area contributed by atoms with Crippen molar-refractivity contribution in [2.75, 3.05) is 13.1 Å². The molecule has 0 bridgehead atoms. The van der Waals surface area contributed by atoms with Gasteiger partial charge in [-0.2, -0.15) is 0 Å². The number of hydrogen-bond acceptors (Lipinski definition) is 4. The summed E-state index contributed by atoms with van der Waals surface area (Å²) >= 11 is 0. The maximum absolute atomic E-state index is 12.0. The number of hydrogen-bond donors (Lipinski definition) is 2. The smallest absolute Gasteiger partial charge is 0.410 e. The Bertz CT molecular complexity index is 346. The number of carbonyl (C=O) groups excluding carboxylic acids is 1. The molecule has 5 nitrogen and oxygen atoms in total. The van der Waals surface area contributed by atoms with Crippen LogP contribution in [0.3, 0.4) is 0 Å². The van der Waals surface area contributed by atoms with Crippen molar-refractivity contribution in [2.45, 2.75) is 83.1 Å². The van der Waals surface area contributed by atoms with Gasteiger partial charge in [0.1, 0.15) is 5.60 Å². The van der Waals surface area contributed by atoms with E-state index in [1.165, 1.54) is 6.42 Å². The molecule has 0 aromatic carbocycles. The van der Waals surface area contributed by atoms with E-state index in [1.54, 1.807) is 4.90 Å². The summed E-state index contributed by atoms with van der Waals surface area (Å²) in [6, 6.07) is 0.637. The van der Waals surface area contributed by atoms with Crippen molar-refractivity contribution in [3.05, 3.63) is 0 Å². The number of aliphatic hydroxyl groups excluding tert-OH is 1. The van der Waals surface area contributed by atoms with Crippen LogP contribution < -0.4 is 5.32 Å². The van der Waals surface area contributed by atoms with E-state index in [0.717, 1.165) is 45.2 Å². The standard InChI is InChI=1S/C16H30N2O3/c1-16(2,3)21-15(20)18-10-8-12(9-11-18)17-13-6-4-5-7-14(13)19/h12-14,17,19H,4-11H2,1-3H3. The van der Waals surface area contributed by atoms with Gasteiger partial charge < -0.3 is 20.1 Å². The largest absolute Gasteiger partial charge is 0.444 e. The molecule has 1 aliphatic heterocycles. The van der Waals surface area contributed by atoms with E-state index in [0.29, 0.717) is 6.04 Å². The van der Waals surface area contributed by atoms with Gasteiger partial charge in [-0.15, -0.1) is 0 Å². The van der Waals surface area contributed by atoms with Crippen LogP contribution in [0, 0.1) is 0 Å². The van der Waals surface area contributed by atoms with Gasteiger partial charge in [0.05, 0.1) is 6.10 Å². The topological polar surface area (TPSA) is 61.8 Å². The Labute approximate surface area is 128 Å². The molecule has 1 aliphatic carbocycles. The molecule has 2 atom stereocenters. The summed E-state index contributed by atoms with van der Waals surface area (Å²) in [6.07, 6.45) is 5.76. The zero-order chi connectivity index (χ0) is 15.5. The summed E-state index contributed by atoms with van der Waals surface area (Å²) in [4.78, 5) is 13.8. The van der Waals surface area contributed by atoms with Crippen LogP contribution in [0.15, 0.2) is 0 Å². The zero-order valence-corrected chi connectivity index (χ0v) is 13.6. The molecule has 1 amide bonds. The van der Waals surface area contributed by atoms with Crippen molar-refractivity contribution in [2.24, 2.45) is 0 Å². The average Bonchev–Trinajstić information content (AvgIpc) is 2.40. The molecule has 1 saturated heterocycles. The SMILES string of the molecule is CC(C)(C)OC(=O)N1CCC(NC2CCCCC2O)CC1. The minimum absolute atomic E-state index is 0.206. The average molecular weight is 298 g/mol. The Morgan fingerprint density at radius 1 is 1.14 bits per heavy atom. The van der Waals surface area contributed by atoms with E-state index in [-0.39, 0.29) is 18.2 Å². The molecule has 0 aromatic heterocycles. The molecule has 0 aromatic rings. The third-order valence-electron chi connectivity index (χ3n) is 4.33. The molecule has 0 radical (unpaired) electrons. The lowest BCUT2D eigenvalue weighted by atomic mass is 9.91. The maximum Gasteiger partial charge on any atom is 0.410 e. The Morgan fingerprint density at radius 3 is 2.33 bits per heavy atom. The van der Waals surface area contributed by atoms with Crippen LogP contribution in [0.4, 0.5) is 4.79 Å². The molecular formula is C16H30N2O3. The van der Waals surface area contributed by atoms with E-state index >= 15 is 0 Å². The highest BCUT2D eigenvalue weighted by molar-refractivity contribution is 5.68. The molecule has 122 valence electrons. The predicted octanol–water partition coefficient (Wildman–Crippen LogP) is 2.28. The van der Waals surface area contributed by atoms with Crippen LogP contribution in [-0.4, -0.2) is 53.0 Å². The number of likely N-dealkylation sites (tertiary alicyclic amines) is 1. The maximum atomic E-state index is 12.0. The molecule has 5 heteroatoms. The molecule has 2 fully saturated rings. The number of amides is 1. The summed E-state index contributed by atoms with van der Waals surface area (Å²) in [5.41, 5.74) is -0.432. The molecular weight excluding hydrogens is 268 g/mol. The van der Waals surface area contributed by atoms with Gasteiger partial charge in [-0.05, 0) is 46.5 Å². The summed E-state index contributed by atoms with van der Waals surface area (Å²) in [6.45, 7) is 7.14. The monoisotopic (exact) mass is 298 g/mol. The van der Waals surface area contributed by atoms with E-state index in [9.17, 15) is 9.90 Å². The lowest BCUT2D eigenvalue weighted by molar-refractivity contribution is 0.0178. The normalized spacial score (nSPS) is 28.5. The fourth-order valence-corrected chi connectivity index (χ4v) is 3.16. The van der Waals surface area contributed by atoms with Crippen LogP contribution in [0.2, 0.25) is 0 Å². The van der Waals surface area contributed by atoms with E-state index in [4.69, 9.17) is 4.74 Å². The first-order valence-corrected chi connectivity index (χ1v) is 8.27. The summed E-state index contributed by atoms with van der Waals surface area (Å²) in [5.74, 6) is 0. The lowest BCUT2D eigenvalue weighted by Crippen LogP contribution is -2.52. The van der Waals surface area contributed by atoms with Crippen molar-refractivity contribution in [3.63, 3.8) is 0 Å². The third kappa shape index (κ3) is 5.15. The van der Waals surface area contributed by atoms with E-state index < -0.39 is 5.60 Å². The van der Waals surface area contributed by atoms with Crippen molar-refractivity contribution in [1.82, 2.24) is 10.2 Å². The van der Waals surface area contributed by atoms with Crippen LogP contribution in [0.25, 0.3) is 0 Å². The first-order chi connectivity index (χ1) is 9.85. The Balaban J connectivity index is 1.74. The summed E-state index contributed by atoms with van der Waals surface area (Å²) in [7, 11) is 0. The van der Waals surface area contributed by atoms with Gasteiger partial charge in [0.15, 0.2) is 0 Å². The van der Waals surface area contributed by atoms with Crippen LogP contribution in [0.5, 0.6) is 0 Å². The molecule has 0 spiro atoms. The lowest BCUT2D eigenvalue weighted by Gasteiger charge is -2.37. The predicted molar refractivity (Wildman–Crippen MR) is 82.2 cm³/mol. The van der Waals surface area contributed by atoms with Gasteiger partial charge in [-0.1, -0.05) is 12.8 Å². The van der Waals surface area contributed by atoms with Gasteiger partial charge in [0.25, 0.3) is 0 Å². The summed E-state index contributed by atoms with van der Waals surface area (Å²) < 4.78 is 5.41. The highest BCUT2D eigenvalue weighted by atomic mass is 16.6. The van der Waals surface area contributed by atoms with Gasteiger partial charge in [0.2, 0.25) is 0 Å². The minimum atomic E-state index is -0.432. The minimum Gasteiger partial charge on any atom is -0.444 e. The van der Waals surface area contributed by atoms with E-state index in [1.807, 2.05) is 20.8 Å². The van der Waals surface area contributed by atoms with Crippen LogP contribution in [-0.2, 0) is 4.74 Å². The molecule has 1 saturated carbocycles. The van der Waals surface area contributed by atoms with Crippen molar-refractivity contribution in [1.29, 1.82) is 0 Å². The number of ether oxygens (including phenoxy) is 1. The number of nitrogens with one attached hydrogen (secondary N) is 1. The second-order valence-electron chi connectivity index (χ2n) is 7.37. The summed E-state index contributed by atoms with van der Waals surface area (Å²) in [5, 5.41) is 13.6. The molecule has 2 aliphatic rings. The van der Waals surface area contributed by atoms with Gasteiger partial charge in [-0.25, -0.2) is 4.79 Å². The second-order valence-corrected chi connectivity index (χ2v) is 7.37. The van der Waals surface area contributed by atoms with Crippen molar-refractivity contribution < 1.29 is 14.6 Å². The third-order valence-corrected chi connectivity index (χ3v) is 4.33. The number of rotatable bonds is 2. The highest BCUT2D eigenvalue weighted by Gasteiger charge is 2.30. The Hall–Kier alpha value is -0.810. The Morgan fingerprint density at radius 2 is 1.76 bits per heavy atom. The molecule has 2 rings (SSSR count). The fourth-order valence-electron chi connectivity index (χ4n) is 3.16. The highest BCUT2D eigenvalue weighted by Crippen LogP contribution is 2.21. The van der Waals surface area contributed by atoms with Crippen LogP contribution >= 0.6 is 0 Å². The van der Waals surface area contributed by atoms with Gasteiger partial charge in [0, 0.05) is 25.2 Å². The first kappa shape index (κ1) is 16.6. The van der Waals surface area contributed by atoms with E-state index in [2.05, 4.69) is 5.32 Å². The Kier molecular flexibility index (Phi) is 5.49. The molecule has 2 N–H and O–H groups in total. The fraction of sp³-hybridized carbons (Fsp3) is 0.938. The molecule has 2 unspecified atom stereocenters. The number of aliphatic hydroxyl groups is 1. The quantitative estimate of drug-likeness (QED) is 0.821. The number of piperidine rings is 1. The van der Waals surface area contributed by atoms with Crippen LogP contribution in [0.1, 0.15) is 59.3 Å². The van der Waals surface area contributed by atoms with Crippen molar-refractivity contribution >= 4 is 6.09 Å². The molecule has 1 heterocycles. The zero-order valence-electron chi connectivity index (χ0n) is 13.6. The first-order valence-electron chi connectivity index (χ1n) is 8.27. The van der Waals surface area contributed by atoms with Crippen molar-refractivity contribution in [3.8, 4) is 0 Å². The van der Waals surface area contributed by atoms with Gasteiger partial charge >= 0.3 is 6.09 Å². The number of carbonyl (C=O) groups is 1.